The Morgan fingerprint density at radius 2 is 1.88 bits per heavy atom. The van der Waals surface area contributed by atoms with E-state index in [1.54, 1.807) is 23.5 Å². The van der Waals surface area contributed by atoms with Crippen LogP contribution in [0, 0.1) is 5.41 Å². The first-order chi connectivity index (χ1) is 15.6. The van der Waals surface area contributed by atoms with Crippen LogP contribution >= 0.6 is 0 Å². The molecule has 1 aromatic heterocycles. The van der Waals surface area contributed by atoms with Gasteiger partial charge in [0.15, 0.2) is 0 Å². The fourth-order valence-corrected chi connectivity index (χ4v) is 6.37. The zero-order chi connectivity index (χ0) is 23.9. The maximum Gasteiger partial charge on any atom is 0.243 e. The SMILES string of the molecule is COCCOC[C@]12Cc3cnn(C)c3C=C1CCN(S(=O)(=O)c1ccc(C(C)(C)C)cc1)C2. The first kappa shape index (κ1) is 24.1. The maximum atomic E-state index is 13.6. The summed E-state index contributed by atoms with van der Waals surface area (Å²) < 4.78 is 41.9. The zero-order valence-corrected chi connectivity index (χ0v) is 21.1. The molecule has 33 heavy (non-hydrogen) atoms. The molecule has 0 N–H and O–H groups in total. The lowest BCUT2D eigenvalue weighted by atomic mass is 9.69. The van der Waals surface area contributed by atoms with Crippen molar-refractivity contribution in [1.82, 2.24) is 14.1 Å². The summed E-state index contributed by atoms with van der Waals surface area (Å²) in [5.74, 6) is 0. The Labute approximate surface area is 197 Å². The fraction of sp³-hybridized carbons (Fsp3) is 0.560. The van der Waals surface area contributed by atoms with Crippen LogP contribution in [0.25, 0.3) is 6.08 Å². The Hall–Kier alpha value is -2.00. The van der Waals surface area contributed by atoms with E-state index >= 15 is 0 Å². The van der Waals surface area contributed by atoms with Gasteiger partial charge in [-0.1, -0.05) is 38.5 Å². The average molecular weight is 474 g/mol. The van der Waals surface area contributed by atoms with Crippen molar-refractivity contribution in [3.05, 3.63) is 52.9 Å². The Bertz CT molecular complexity index is 1130. The molecule has 1 fully saturated rings. The maximum absolute atomic E-state index is 13.6. The second kappa shape index (κ2) is 8.98. The molecule has 0 unspecified atom stereocenters. The molecule has 1 atom stereocenters. The molecule has 2 aliphatic rings. The van der Waals surface area contributed by atoms with Crippen molar-refractivity contribution in [1.29, 1.82) is 0 Å². The molecule has 0 saturated carbocycles. The van der Waals surface area contributed by atoms with E-state index in [0.29, 0.717) is 50.6 Å². The highest BCUT2D eigenvalue weighted by molar-refractivity contribution is 7.89. The molecule has 1 saturated heterocycles. The third-order valence-electron chi connectivity index (χ3n) is 6.86. The number of rotatable bonds is 7. The molecule has 1 aromatic carbocycles. The van der Waals surface area contributed by atoms with E-state index in [9.17, 15) is 8.42 Å². The second-order valence-corrected chi connectivity index (χ2v) is 12.2. The van der Waals surface area contributed by atoms with Crippen LogP contribution in [0.2, 0.25) is 0 Å². The summed E-state index contributed by atoms with van der Waals surface area (Å²) in [5.41, 5.74) is 4.16. The highest BCUT2D eigenvalue weighted by Crippen LogP contribution is 2.45. The van der Waals surface area contributed by atoms with Gasteiger partial charge in [0, 0.05) is 32.7 Å². The normalized spacial score (nSPS) is 21.4. The molecular formula is C25H35N3O4S. The predicted octanol–water partition coefficient (Wildman–Crippen LogP) is 3.40. The topological polar surface area (TPSA) is 73.7 Å². The molecule has 1 aliphatic carbocycles. The summed E-state index contributed by atoms with van der Waals surface area (Å²) in [4.78, 5) is 0.344. The van der Waals surface area contributed by atoms with E-state index in [2.05, 4.69) is 31.9 Å². The lowest BCUT2D eigenvalue weighted by Crippen LogP contribution is -2.51. The molecule has 8 heteroatoms. The lowest BCUT2D eigenvalue weighted by Gasteiger charge is -2.45. The van der Waals surface area contributed by atoms with Crippen LogP contribution in [0.4, 0.5) is 0 Å². The molecule has 2 heterocycles. The van der Waals surface area contributed by atoms with E-state index < -0.39 is 15.4 Å². The predicted molar refractivity (Wildman–Crippen MR) is 129 cm³/mol. The van der Waals surface area contributed by atoms with Crippen LogP contribution in [0.15, 0.2) is 40.9 Å². The van der Waals surface area contributed by atoms with Crippen molar-refractivity contribution < 1.29 is 17.9 Å². The van der Waals surface area contributed by atoms with Crippen molar-refractivity contribution in [2.75, 3.05) is 40.0 Å². The lowest BCUT2D eigenvalue weighted by molar-refractivity contribution is 0.0147. The van der Waals surface area contributed by atoms with E-state index in [4.69, 9.17) is 9.47 Å². The quantitative estimate of drug-likeness (QED) is 0.577. The number of benzene rings is 1. The smallest absolute Gasteiger partial charge is 0.243 e. The summed E-state index contributed by atoms with van der Waals surface area (Å²) in [6, 6.07) is 7.33. The highest BCUT2D eigenvalue weighted by Gasteiger charge is 2.46. The number of fused-ring (bicyclic) bond motifs is 2. The molecule has 1 aliphatic heterocycles. The average Bonchev–Trinajstić information content (AvgIpc) is 3.13. The van der Waals surface area contributed by atoms with Crippen molar-refractivity contribution in [3.63, 3.8) is 0 Å². The van der Waals surface area contributed by atoms with E-state index in [1.165, 1.54) is 5.57 Å². The van der Waals surface area contributed by atoms with Gasteiger partial charge in [-0.05, 0) is 47.6 Å². The number of hydrogen-bond acceptors (Lipinski definition) is 5. The van der Waals surface area contributed by atoms with Crippen LogP contribution < -0.4 is 0 Å². The van der Waals surface area contributed by atoms with E-state index in [1.807, 2.05) is 30.1 Å². The number of aryl methyl sites for hydroxylation is 1. The Morgan fingerprint density at radius 3 is 2.55 bits per heavy atom. The van der Waals surface area contributed by atoms with Gasteiger partial charge < -0.3 is 9.47 Å². The van der Waals surface area contributed by atoms with Crippen LogP contribution in [0.1, 0.15) is 44.0 Å². The van der Waals surface area contributed by atoms with Gasteiger partial charge in [0.1, 0.15) is 0 Å². The van der Waals surface area contributed by atoms with Gasteiger partial charge in [-0.25, -0.2) is 8.42 Å². The van der Waals surface area contributed by atoms with Crippen LogP contribution in [-0.2, 0) is 38.4 Å². The molecule has 0 bridgehead atoms. The number of ether oxygens (including phenoxy) is 2. The third-order valence-corrected chi connectivity index (χ3v) is 8.72. The number of methoxy groups -OCH3 is 1. The monoisotopic (exact) mass is 473 g/mol. The molecule has 180 valence electrons. The van der Waals surface area contributed by atoms with Gasteiger partial charge >= 0.3 is 0 Å². The molecule has 0 amide bonds. The van der Waals surface area contributed by atoms with Gasteiger partial charge in [-0.2, -0.15) is 9.40 Å². The Morgan fingerprint density at radius 1 is 1.15 bits per heavy atom. The van der Waals surface area contributed by atoms with Crippen molar-refractivity contribution >= 4 is 16.1 Å². The fourth-order valence-electron chi connectivity index (χ4n) is 4.85. The molecule has 0 spiro atoms. The summed E-state index contributed by atoms with van der Waals surface area (Å²) in [6.45, 7) is 8.66. The van der Waals surface area contributed by atoms with Crippen molar-refractivity contribution in [2.45, 2.75) is 43.9 Å². The van der Waals surface area contributed by atoms with Gasteiger partial charge in [0.25, 0.3) is 0 Å². The number of hydrogen-bond donors (Lipinski definition) is 0. The van der Waals surface area contributed by atoms with Crippen LogP contribution in [0.5, 0.6) is 0 Å². The highest BCUT2D eigenvalue weighted by atomic mass is 32.2. The Balaban J connectivity index is 1.63. The Kier molecular flexibility index (Phi) is 6.57. The van der Waals surface area contributed by atoms with Gasteiger partial charge in [0.05, 0.1) is 36.6 Å². The summed E-state index contributed by atoms with van der Waals surface area (Å²) in [7, 11) is -0.0239. The number of sulfonamides is 1. The number of aromatic nitrogens is 2. The molecule has 0 radical (unpaired) electrons. The molecule has 7 nitrogen and oxygen atoms in total. The minimum atomic E-state index is -3.62. The molecule has 4 rings (SSSR count). The number of nitrogens with zero attached hydrogens (tertiary/aromatic N) is 3. The van der Waals surface area contributed by atoms with Gasteiger partial charge in [-0.3, -0.25) is 4.68 Å². The van der Waals surface area contributed by atoms with Gasteiger partial charge in [0.2, 0.25) is 10.0 Å². The molecule has 2 aromatic rings. The van der Waals surface area contributed by atoms with E-state index in [-0.39, 0.29) is 5.41 Å². The van der Waals surface area contributed by atoms with Crippen LogP contribution in [0.3, 0.4) is 0 Å². The third kappa shape index (κ3) is 4.67. The zero-order valence-electron chi connectivity index (χ0n) is 20.3. The second-order valence-electron chi connectivity index (χ2n) is 10.2. The van der Waals surface area contributed by atoms with E-state index in [0.717, 1.165) is 16.8 Å². The molecular weight excluding hydrogens is 438 g/mol. The minimum Gasteiger partial charge on any atom is -0.382 e. The number of piperidine rings is 1. The van der Waals surface area contributed by atoms with Crippen LogP contribution in [-0.4, -0.2) is 62.5 Å². The van der Waals surface area contributed by atoms with Crippen molar-refractivity contribution in [3.8, 4) is 0 Å². The summed E-state index contributed by atoms with van der Waals surface area (Å²) in [5, 5.41) is 4.42. The first-order valence-corrected chi connectivity index (χ1v) is 12.9. The summed E-state index contributed by atoms with van der Waals surface area (Å²) in [6.07, 6.45) is 5.47. The minimum absolute atomic E-state index is 0.0275. The standard InChI is InChI=1S/C25H35N3O4S/c1-24(2,3)20-6-8-22(9-7-20)33(29,30)28-11-10-21-14-23-19(16-26-27(23)4)15-25(21,17-28)18-32-13-12-31-5/h6-9,14,16H,10-13,15,17-18H2,1-5H3/t25-/m1/s1. The summed E-state index contributed by atoms with van der Waals surface area (Å²) >= 11 is 0. The first-order valence-electron chi connectivity index (χ1n) is 11.5. The van der Waals surface area contributed by atoms with Gasteiger partial charge in [-0.15, -0.1) is 0 Å². The largest absolute Gasteiger partial charge is 0.382 e. The van der Waals surface area contributed by atoms with Crippen molar-refractivity contribution in [2.24, 2.45) is 12.5 Å².